The van der Waals surface area contributed by atoms with Crippen LogP contribution in [0, 0.1) is 12.8 Å². The van der Waals surface area contributed by atoms with Crippen molar-refractivity contribution in [3.63, 3.8) is 0 Å². The lowest BCUT2D eigenvalue weighted by Gasteiger charge is -2.40. The molecule has 2 aromatic rings. The van der Waals surface area contributed by atoms with E-state index < -0.39 is 0 Å². The fraction of sp³-hybridized carbons (Fsp3) is 0.579. The number of piperidine rings is 1. The van der Waals surface area contributed by atoms with Crippen LogP contribution >= 0.6 is 0 Å². The van der Waals surface area contributed by atoms with Crippen LogP contribution in [0.25, 0.3) is 0 Å². The third-order valence-corrected chi connectivity index (χ3v) is 5.32. The summed E-state index contributed by atoms with van der Waals surface area (Å²) in [5, 5.41) is 7.25. The molecule has 1 N–H and O–H groups in total. The molecule has 0 bridgehead atoms. The average molecular weight is 371 g/mol. The molecule has 0 aromatic carbocycles. The Morgan fingerprint density at radius 2 is 2.15 bits per heavy atom. The average Bonchev–Trinajstić information content (AvgIpc) is 3.06. The van der Waals surface area contributed by atoms with Gasteiger partial charge in [0.1, 0.15) is 5.69 Å². The standard InChI is InChI=1S/C19H29N7O/c1-13-11-15(23-19(20-2)22-13)18(27)25(4)12-14-7-6-10-24(3)17(14)16-8-9-21-26(16)5/h8-9,11,14,17H,6-7,10,12H2,1-5H3,(H,20,22,23)/t14-,17+/m0/s1. The third kappa shape index (κ3) is 4.10. The van der Waals surface area contributed by atoms with E-state index >= 15 is 0 Å². The summed E-state index contributed by atoms with van der Waals surface area (Å²) in [7, 11) is 7.74. The fourth-order valence-corrected chi connectivity index (χ4v) is 4.01. The number of hydrogen-bond donors (Lipinski definition) is 1. The smallest absolute Gasteiger partial charge is 0.272 e. The second kappa shape index (κ2) is 8.04. The molecule has 3 rings (SSSR count). The first-order chi connectivity index (χ1) is 12.9. The van der Waals surface area contributed by atoms with Crippen molar-refractivity contribution in [3.05, 3.63) is 35.4 Å². The number of anilines is 1. The molecule has 0 saturated carbocycles. The molecule has 27 heavy (non-hydrogen) atoms. The summed E-state index contributed by atoms with van der Waals surface area (Å²) in [5.74, 6) is 0.741. The van der Waals surface area contributed by atoms with Gasteiger partial charge in [-0.1, -0.05) is 0 Å². The highest BCUT2D eigenvalue weighted by molar-refractivity contribution is 5.92. The number of amides is 1. The first-order valence-electron chi connectivity index (χ1n) is 9.37. The van der Waals surface area contributed by atoms with Crippen LogP contribution in [0.3, 0.4) is 0 Å². The van der Waals surface area contributed by atoms with E-state index in [1.165, 1.54) is 5.69 Å². The lowest BCUT2D eigenvalue weighted by molar-refractivity contribution is 0.0626. The summed E-state index contributed by atoms with van der Waals surface area (Å²) in [4.78, 5) is 25.7. The molecule has 0 aliphatic carbocycles. The van der Waals surface area contributed by atoms with Gasteiger partial charge in [-0.25, -0.2) is 9.97 Å². The predicted molar refractivity (Wildman–Crippen MR) is 105 cm³/mol. The van der Waals surface area contributed by atoms with Crippen molar-refractivity contribution in [2.24, 2.45) is 13.0 Å². The monoisotopic (exact) mass is 371 g/mol. The molecule has 1 aliphatic heterocycles. The summed E-state index contributed by atoms with van der Waals surface area (Å²) in [6, 6.07) is 4.07. The molecule has 8 heteroatoms. The Labute approximate surface area is 160 Å². The highest BCUT2D eigenvalue weighted by Gasteiger charge is 2.34. The Morgan fingerprint density at radius 1 is 1.37 bits per heavy atom. The largest absolute Gasteiger partial charge is 0.357 e. The van der Waals surface area contributed by atoms with E-state index in [1.54, 1.807) is 18.0 Å². The number of aromatic nitrogens is 4. The first-order valence-corrected chi connectivity index (χ1v) is 9.37. The molecule has 146 valence electrons. The SMILES string of the molecule is CNc1nc(C)cc(C(=O)N(C)C[C@@H]2CCCN(C)[C@H]2c2ccnn2C)n1. The van der Waals surface area contributed by atoms with Gasteiger partial charge in [-0.3, -0.25) is 14.4 Å². The molecule has 2 aromatic heterocycles. The zero-order valence-corrected chi connectivity index (χ0v) is 16.8. The molecule has 0 radical (unpaired) electrons. The summed E-state index contributed by atoms with van der Waals surface area (Å²) in [6.07, 6.45) is 4.06. The van der Waals surface area contributed by atoms with Crippen LogP contribution < -0.4 is 5.32 Å². The van der Waals surface area contributed by atoms with Crippen molar-refractivity contribution in [1.29, 1.82) is 0 Å². The first kappa shape index (κ1) is 19.3. The second-order valence-corrected chi connectivity index (χ2v) is 7.36. The molecule has 8 nitrogen and oxygen atoms in total. The van der Waals surface area contributed by atoms with Crippen molar-refractivity contribution < 1.29 is 4.79 Å². The number of hydrogen-bond acceptors (Lipinski definition) is 6. The van der Waals surface area contributed by atoms with Gasteiger partial charge in [-0.15, -0.1) is 0 Å². The third-order valence-electron chi connectivity index (χ3n) is 5.32. The summed E-state index contributed by atoms with van der Waals surface area (Å²) >= 11 is 0. The van der Waals surface area contributed by atoms with Crippen LogP contribution in [0.15, 0.2) is 18.3 Å². The van der Waals surface area contributed by atoms with E-state index in [0.717, 1.165) is 25.1 Å². The summed E-state index contributed by atoms with van der Waals surface area (Å²) < 4.78 is 1.94. The van der Waals surface area contributed by atoms with Crippen molar-refractivity contribution in [1.82, 2.24) is 29.5 Å². The lowest BCUT2D eigenvalue weighted by atomic mass is 9.87. The van der Waals surface area contributed by atoms with E-state index in [-0.39, 0.29) is 11.9 Å². The Morgan fingerprint density at radius 3 is 2.81 bits per heavy atom. The molecule has 1 fully saturated rings. The van der Waals surface area contributed by atoms with Gasteiger partial charge in [-0.2, -0.15) is 5.10 Å². The maximum absolute atomic E-state index is 13.0. The summed E-state index contributed by atoms with van der Waals surface area (Å²) in [6.45, 7) is 3.60. The van der Waals surface area contributed by atoms with Crippen molar-refractivity contribution in [2.75, 3.05) is 39.5 Å². The minimum Gasteiger partial charge on any atom is -0.357 e. The van der Waals surface area contributed by atoms with Crippen molar-refractivity contribution in [3.8, 4) is 0 Å². The van der Waals surface area contributed by atoms with Crippen LogP contribution in [-0.4, -0.2) is 69.7 Å². The maximum atomic E-state index is 13.0. The van der Waals surface area contributed by atoms with E-state index in [4.69, 9.17) is 0 Å². The fourth-order valence-electron chi connectivity index (χ4n) is 4.01. The number of aryl methyl sites for hydroxylation is 2. The molecular formula is C19H29N7O. The molecule has 0 spiro atoms. The molecule has 1 amide bonds. The van der Waals surface area contributed by atoms with Gasteiger partial charge in [0, 0.05) is 39.6 Å². The van der Waals surface area contributed by atoms with Crippen molar-refractivity contribution >= 4 is 11.9 Å². The van der Waals surface area contributed by atoms with Gasteiger partial charge in [0.05, 0.1) is 11.7 Å². The lowest BCUT2D eigenvalue weighted by Crippen LogP contribution is -2.43. The van der Waals surface area contributed by atoms with Gasteiger partial charge in [-0.05, 0) is 51.4 Å². The number of carbonyl (C=O) groups is 1. The van der Waals surface area contributed by atoms with Crippen LogP contribution in [0.1, 0.15) is 40.8 Å². The predicted octanol–water partition coefficient (Wildman–Crippen LogP) is 1.72. The van der Waals surface area contributed by atoms with E-state index in [1.807, 2.05) is 31.9 Å². The topological polar surface area (TPSA) is 79.2 Å². The number of carbonyl (C=O) groups excluding carboxylic acids is 1. The number of rotatable bonds is 5. The zero-order chi connectivity index (χ0) is 19.6. The van der Waals surface area contributed by atoms with E-state index in [0.29, 0.717) is 24.1 Å². The molecule has 2 atom stereocenters. The Balaban J connectivity index is 1.79. The van der Waals surface area contributed by atoms with Crippen LogP contribution in [0.4, 0.5) is 5.95 Å². The maximum Gasteiger partial charge on any atom is 0.272 e. The van der Waals surface area contributed by atoms with Crippen LogP contribution in [-0.2, 0) is 7.05 Å². The molecule has 0 unspecified atom stereocenters. The Bertz CT molecular complexity index is 803. The number of nitrogens with one attached hydrogen (secondary N) is 1. The number of likely N-dealkylation sites (tertiary alicyclic amines) is 1. The molecular weight excluding hydrogens is 342 g/mol. The van der Waals surface area contributed by atoms with Gasteiger partial charge in [0.25, 0.3) is 5.91 Å². The quantitative estimate of drug-likeness (QED) is 0.862. The Kier molecular flexibility index (Phi) is 5.74. The van der Waals surface area contributed by atoms with Crippen molar-refractivity contribution in [2.45, 2.75) is 25.8 Å². The molecule has 1 saturated heterocycles. The van der Waals surface area contributed by atoms with E-state index in [9.17, 15) is 4.79 Å². The highest BCUT2D eigenvalue weighted by atomic mass is 16.2. The second-order valence-electron chi connectivity index (χ2n) is 7.36. The van der Waals surface area contributed by atoms with Gasteiger partial charge in [0.15, 0.2) is 0 Å². The van der Waals surface area contributed by atoms with E-state index in [2.05, 4.69) is 38.4 Å². The Hall–Kier alpha value is -2.48. The molecule has 1 aliphatic rings. The van der Waals surface area contributed by atoms with Crippen LogP contribution in [0.2, 0.25) is 0 Å². The van der Waals surface area contributed by atoms with Gasteiger partial charge < -0.3 is 10.2 Å². The highest BCUT2D eigenvalue weighted by Crippen LogP contribution is 2.35. The van der Waals surface area contributed by atoms with Gasteiger partial charge in [0.2, 0.25) is 5.95 Å². The zero-order valence-electron chi connectivity index (χ0n) is 16.8. The minimum atomic E-state index is -0.0750. The normalized spacial score (nSPS) is 20.5. The summed E-state index contributed by atoms with van der Waals surface area (Å²) in [5.41, 5.74) is 2.39. The van der Waals surface area contributed by atoms with Crippen LogP contribution in [0.5, 0.6) is 0 Å². The number of nitrogens with zero attached hydrogens (tertiary/aromatic N) is 6. The molecule has 3 heterocycles. The van der Waals surface area contributed by atoms with Gasteiger partial charge >= 0.3 is 0 Å². The minimum absolute atomic E-state index is 0.0750.